The van der Waals surface area contributed by atoms with Gasteiger partial charge in [0.25, 0.3) is 23.2 Å². The van der Waals surface area contributed by atoms with Crippen LogP contribution in [-0.4, -0.2) is 38.1 Å². The number of hydrogen-bond acceptors (Lipinski definition) is 10. The van der Waals surface area contributed by atoms with Crippen molar-refractivity contribution in [1.82, 2.24) is 0 Å². The number of Topliss-reactive ketones (excluding diaryl/α,β-unsaturated/α-hetero) is 1. The van der Waals surface area contributed by atoms with Crippen molar-refractivity contribution in [2.24, 2.45) is 11.0 Å². The molecule has 0 aromatic heterocycles. The van der Waals surface area contributed by atoms with Gasteiger partial charge in [-0.15, -0.1) is 0 Å². The summed E-state index contributed by atoms with van der Waals surface area (Å²) in [5.41, 5.74) is -1.78. The van der Waals surface area contributed by atoms with Crippen LogP contribution in [0.1, 0.15) is 11.1 Å². The second-order valence-electron chi connectivity index (χ2n) is 8.20. The summed E-state index contributed by atoms with van der Waals surface area (Å²) in [6.45, 7) is 1.54. The number of nitrogens with zero attached hydrogens (tertiary/aromatic N) is 5. The molecule has 1 atom stereocenters. The van der Waals surface area contributed by atoms with E-state index in [-0.39, 0.29) is 22.6 Å². The van der Waals surface area contributed by atoms with Gasteiger partial charge in [0.15, 0.2) is 5.92 Å². The number of carbonyl (C=O) groups excluding carboxylic acids is 3. The number of non-ortho nitro benzene ring substituents is 2. The van der Waals surface area contributed by atoms with Crippen LogP contribution in [-0.2, 0) is 14.4 Å². The van der Waals surface area contributed by atoms with Gasteiger partial charge in [-0.25, -0.2) is 0 Å². The Kier molecular flexibility index (Phi) is 6.89. The number of hydrazone groups is 1. The standard InChI is InChI=1S/C24H16N6O9/c1-13-7-8-15(28(34)35)11-17(13)25-23(32)22(31)20-21(14-5-3-2-4-6-14)26-27(24(20)33)18-10-9-16(29(36)37)12-19(18)30(38)39/h2-12,20H,1H3,(H,25,32). The van der Waals surface area contributed by atoms with Crippen molar-refractivity contribution in [3.8, 4) is 0 Å². The Morgan fingerprint density at radius 2 is 1.49 bits per heavy atom. The molecule has 0 radical (unpaired) electrons. The predicted octanol–water partition coefficient (Wildman–Crippen LogP) is 3.29. The zero-order chi connectivity index (χ0) is 28.4. The third-order valence-corrected chi connectivity index (χ3v) is 5.77. The summed E-state index contributed by atoms with van der Waals surface area (Å²) in [5, 5.41) is 40.8. The highest BCUT2D eigenvalue weighted by Gasteiger charge is 2.46. The highest BCUT2D eigenvalue weighted by Crippen LogP contribution is 2.36. The lowest BCUT2D eigenvalue weighted by Gasteiger charge is -2.14. The topological polar surface area (TPSA) is 208 Å². The third-order valence-electron chi connectivity index (χ3n) is 5.77. The van der Waals surface area contributed by atoms with E-state index in [2.05, 4.69) is 10.4 Å². The molecule has 0 saturated heterocycles. The zero-order valence-corrected chi connectivity index (χ0v) is 19.8. The van der Waals surface area contributed by atoms with Crippen LogP contribution in [0.5, 0.6) is 0 Å². The van der Waals surface area contributed by atoms with Gasteiger partial charge in [-0.1, -0.05) is 36.4 Å². The van der Waals surface area contributed by atoms with Crippen LogP contribution in [0.4, 0.5) is 28.4 Å². The lowest BCUT2D eigenvalue weighted by Crippen LogP contribution is -2.40. The summed E-state index contributed by atoms with van der Waals surface area (Å²) in [6, 6.07) is 14.0. The SMILES string of the molecule is Cc1ccc([N+](=O)[O-])cc1NC(=O)C(=O)C1C(=O)N(c2ccc([N+](=O)[O-])cc2[N+](=O)[O-])N=C1c1ccccc1. The van der Waals surface area contributed by atoms with E-state index >= 15 is 0 Å². The summed E-state index contributed by atoms with van der Waals surface area (Å²) < 4.78 is 0. The van der Waals surface area contributed by atoms with Crippen LogP contribution in [0.2, 0.25) is 0 Å². The first kappa shape index (κ1) is 26.2. The molecule has 2 amide bonds. The van der Waals surface area contributed by atoms with E-state index in [0.717, 1.165) is 18.2 Å². The second-order valence-corrected chi connectivity index (χ2v) is 8.20. The fourth-order valence-corrected chi connectivity index (χ4v) is 3.82. The Morgan fingerprint density at radius 1 is 0.872 bits per heavy atom. The molecule has 1 aliphatic heterocycles. The average Bonchev–Trinajstić information content (AvgIpc) is 3.25. The van der Waals surface area contributed by atoms with Gasteiger partial charge in [0.2, 0.25) is 5.78 Å². The normalized spacial score (nSPS) is 14.5. The smallest absolute Gasteiger partial charge is 0.301 e. The van der Waals surface area contributed by atoms with E-state index < -0.39 is 55.3 Å². The van der Waals surface area contributed by atoms with Crippen molar-refractivity contribution >= 4 is 51.7 Å². The number of carbonyl (C=O) groups is 3. The largest absolute Gasteiger partial charge is 0.319 e. The summed E-state index contributed by atoms with van der Waals surface area (Å²) in [6.07, 6.45) is 0. The number of rotatable bonds is 8. The quantitative estimate of drug-likeness (QED) is 0.195. The van der Waals surface area contributed by atoms with Crippen LogP contribution in [0.25, 0.3) is 0 Å². The van der Waals surface area contributed by atoms with Crippen LogP contribution in [0.15, 0.2) is 71.8 Å². The number of nitro groups is 3. The predicted molar refractivity (Wildman–Crippen MR) is 135 cm³/mol. The highest BCUT2D eigenvalue weighted by molar-refractivity contribution is 6.51. The molecule has 1 heterocycles. The number of ketones is 1. The van der Waals surface area contributed by atoms with Crippen molar-refractivity contribution in [2.75, 3.05) is 10.3 Å². The first-order valence-electron chi connectivity index (χ1n) is 11.0. The number of benzene rings is 3. The van der Waals surface area contributed by atoms with E-state index in [4.69, 9.17) is 0 Å². The average molecular weight is 532 g/mol. The van der Waals surface area contributed by atoms with Gasteiger partial charge in [-0.3, -0.25) is 44.7 Å². The lowest BCUT2D eigenvalue weighted by molar-refractivity contribution is -0.393. The van der Waals surface area contributed by atoms with E-state index in [9.17, 15) is 44.7 Å². The van der Waals surface area contributed by atoms with Crippen molar-refractivity contribution in [3.05, 3.63) is 108 Å². The Balaban J connectivity index is 1.75. The molecule has 1 unspecified atom stereocenters. The van der Waals surface area contributed by atoms with E-state index in [1.54, 1.807) is 18.2 Å². The van der Waals surface area contributed by atoms with Gasteiger partial charge >= 0.3 is 5.69 Å². The Hall–Kier alpha value is -5.86. The molecule has 3 aromatic rings. The first-order valence-corrected chi connectivity index (χ1v) is 11.0. The van der Waals surface area contributed by atoms with Crippen LogP contribution in [0, 0.1) is 43.2 Å². The van der Waals surface area contributed by atoms with Crippen LogP contribution >= 0.6 is 0 Å². The summed E-state index contributed by atoms with van der Waals surface area (Å²) in [5.74, 6) is -5.50. The molecule has 1 N–H and O–H groups in total. The molecule has 0 bridgehead atoms. The molecular formula is C24H16N6O9. The third kappa shape index (κ3) is 5.04. The molecule has 0 fully saturated rings. The molecule has 15 heteroatoms. The maximum atomic E-state index is 13.5. The number of amides is 2. The van der Waals surface area contributed by atoms with Crippen LogP contribution in [0.3, 0.4) is 0 Å². The van der Waals surface area contributed by atoms with Gasteiger partial charge in [0.1, 0.15) is 5.69 Å². The van der Waals surface area contributed by atoms with E-state index in [0.29, 0.717) is 16.6 Å². The second kappa shape index (κ2) is 10.3. The van der Waals surface area contributed by atoms with Gasteiger partial charge in [0, 0.05) is 18.2 Å². The number of nitrogens with one attached hydrogen (secondary N) is 1. The van der Waals surface area contributed by atoms with Crippen molar-refractivity contribution in [2.45, 2.75) is 6.92 Å². The fraction of sp³-hybridized carbons (Fsp3) is 0.0833. The molecule has 0 spiro atoms. The van der Waals surface area contributed by atoms with Crippen molar-refractivity contribution in [1.29, 1.82) is 0 Å². The highest BCUT2D eigenvalue weighted by atomic mass is 16.6. The molecule has 3 aromatic carbocycles. The number of nitro benzene ring substituents is 3. The van der Waals surface area contributed by atoms with Gasteiger partial charge in [0.05, 0.1) is 32.2 Å². The summed E-state index contributed by atoms with van der Waals surface area (Å²) in [7, 11) is 0. The fourth-order valence-electron chi connectivity index (χ4n) is 3.82. The molecule has 0 aliphatic carbocycles. The zero-order valence-electron chi connectivity index (χ0n) is 19.8. The Labute approximate surface area is 217 Å². The minimum atomic E-state index is -1.83. The summed E-state index contributed by atoms with van der Waals surface area (Å²) >= 11 is 0. The molecule has 15 nitrogen and oxygen atoms in total. The van der Waals surface area contributed by atoms with Gasteiger partial charge in [-0.05, 0) is 24.1 Å². The molecule has 4 rings (SSSR count). The number of aryl methyl sites for hydroxylation is 1. The van der Waals surface area contributed by atoms with Gasteiger partial charge in [-0.2, -0.15) is 10.1 Å². The maximum absolute atomic E-state index is 13.5. The van der Waals surface area contributed by atoms with E-state index in [1.165, 1.54) is 31.2 Å². The summed E-state index contributed by atoms with van der Waals surface area (Å²) in [4.78, 5) is 71.1. The molecule has 0 saturated carbocycles. The monoisotopic (exact) mass is 532 g/mol. The molecular weight excluding hydrogens is 516 g/mol. The number of anilines is 2. The Bertz CT molecular complexity index is 1600. The minimum absolute atomic E-state index is 0.0333. The first-order chi connectivity index (χ1) is 18.5. The maximum Gasteiger partial charge on any atom is 0.301 e. The van der Waals surface area contributed by atoms with Crippen molar-refractivity contribution < 1.29 is 29.2 Å². The molecule has 1 aliphatic rings. The van der Waals surface area contributed by atoms with Crippen LogP contribution < -0.4 is 10.3 Å². The lowest BCUT2D eigenvalue weighted by atomic mass is 9.92. The number of hydrogen-bond donors (Lipinski definition) is 1. The van der Waals surface area contributed by atoms with Gasteiger partial charge < -0.3 is 5.32 Å². The molecule has 39 heavy (non-hydrogen) atoms. The van der Waals surface area contributed by atoms with E-state index in [1.807, 2.05) is 0 Å². The minimum Gasteiger partial charge on any atom is -0.319 e. The Morgan fingerprint density at radius 3 is 2.10 bits per heavy atom. The van der Waals surface area contributed by atoms with Crippen molar-refractivity contribution in [3.63, 3.8) is 0 Å². The molecule has 196 valence electrons.